The molecule has 19 heavy (non-hydrogen) atoms. The molecule has 0 saturated heterocycles. The Hall–Kier alpha value is -1.91. The molecule has 102 valence electrons. The Balaban J connectivity index is 2.40. The largest absolute Gasteiger partial charge is 0.363 e. The van der Waals surface area contributed by atoms with Crippen molar-refractivity contribution >= 4 is 5.82 Å². The second kappa shape index (κ2) is 5.38. The summed E-state index contributed by atoms with van der Waals surface area (Å²) < 4.78 is 1.93. The van der Waals surface area contributed by atoms with Gasteiger partial charge in [0.15, 0.2) is 11.6 Å². The molecule has 0 bridgehead atoms. The minimum absolute atomic E-state index is 0.334. The Morgan fingerprint density at radius 3 is 2.47 bits per heavy atom. The van der Waals surface area contributed by atoms with Crippen LogP contribution in [-0.2, 0) is 6.54 Å². The van der Waals surface area contributed by atoms with Crippen LogP contribution in [0.3, 0.4) is 0 Å². The fourth-order valence-corrected chi connectivity index (χ4v) is 1.82. The normalized spacial score (nSPS) is 11.1. The predicted octanol–water partition coefficient (Wildman–Crippen LogP) is 2.55. The molecule has 0 saturated carbocycles. The molecule has 2 rings (SSSR count). The van der Waals surface area contributed by atoms with Crippen LogP contribution in [0.2, 0.25) is 0 Å². The molecule has 0 spiro atoms. The minimum atomic E-state index is 0.334. The third-order valence-electron chi connectivity index (χ3n) is 2.97. The lowest BCUT2D eigenvalue weighted by atomic mass is 10.2. The second-order valence-corrected chi connectivity index (χ2v) is 5.06. The summed E-state index contributed by atoms with van der Waals surface area (Å²) in [5.41, 5.74) is 1.01. The van der Waals surface area contributed by atoms with E-state index < -0.39 is 0 Å². The van der Waals surface area contributed by atoms with Gasteiger partial charge in [0.25, 0.3) is 0 Å². The molecule has 5 heteroatoms. The van der Waals surface area contributed by atoms with Gasteiger partial charge in [0.05, 0.1) is 0 Å². The van der Waals surface area contributed by atoms with Gasteiger partial charge in [-0.2, -0.15) is 5.10 Å². The molecule has 5 nitrogen and oxygen atoms in total. The van der Waals surface area contributed by atoms with Crippen LogP contribution in [0.15, 0.2) is 18.3 Å². The van der Waals surface area contributed by atoms with Crippen LogP contribution >= 0.6 is 0 Å². The number of anilines is 1. The highest BCUT2D eigenvalue weighted by Gasteiger charge is 2.13. The first-order valence-electron chi connectivity index (χ1n) is 6.61. The Labute approximate surface area is 114 Å². The molecule has 2 heterocycles. The van der Waals surface area contributed by atoms with Crippen molar-refractivity contribution in [3.63, 3.8) is 0 Å². The van der Waals surface area contributed by atoms with Crippen LogP contribution in [0.1, 0.15) is 32.5 Å². The van der Waals surface area contributed by atoms with Gasteiger partial charge in [-0.05, 0) is 19.1 Å². The van der Waals surface area contributed by atoms with Crippen LogP contribution in [0, 0.1) is 0 Å². The van der Waals surface area contributed by atoms with Crippen molar-refractivity contribution in [1.29, 1.82) is 0 Å². The molecule has 0 amide bonds. The Kier molecular flexibility index (Phi) is 3.83. The topological polar surface area (TPSA) is 46.8 Å². The van der Waals surface area contributed by atoms with Crippen LogP contribution < -0.4 is 4.90 Å². The molecular formula is C14H21N5. The van der Waals surface area contributed by atoms with Gasteiger partial charge >= 0.3 is 0 Å². The first kappa shape index (κ1) is 13.5. The summed E-state index contributed by atoms with van der Waals surface area (Å²) >= 11 is 0. The van der Waals surface area contributed by atoms with Gasteiger partial charge in [0, 0.05) is 38.3 Å². The van der Waals surface area contributed by atoms with Crippen molar-refractivity contribution in [2.45, 2.75) is 33.2 Å². The van der Waals surface area contributed by atoms with Crippen molar-refractivity contribution in [2.24, 2.45) is 0 Å². The van der Waals surface area contributed by atoms with Gasteiger partial charge in [0.2, 0.25) is 0 Å². The highest BCUT2D eigenvalue weighted by atomic mass is 15.3. The van der Waals surface area contributed by atoms with E-state index in [4.69, 9.17) is 0 Å². The number of rotatable bonds is 4. The summed E-state index contributed by atoms with van der Waals surface area (Å²) in [5, 5.41) is 4.53. The summed E-state index contributed by atoms with van der Waals surface area (Å²) in [6, 6.07) is 4.04. The van der Waals surface area contributed by atoms with Crippen molar-refractivity contribution < 1.29 is 0 Å². The fourth-order valence-electron chi connectivity index (χ4n) is 1.82. The summed E-state index contributed by atoms with van der Waals surface area (Å²) in [7, 11) is 3.96. The first-order valence-corrected chi connectivity index (χ1v) is 6.61. The number of aromatic nitrogens is 4. The molecule has 0 atom stereocenters. The average Bonchev–Trinajstić information content (AvgIpc) is 2.83. The van der Waals surface area contributed by atoms with Crippen molar-refractivity contribution in [3.8, 4) is 11.4 Å². The third kappa shape index (κ3) is 2.75. The zero-order valence-electron chi connectivity index (χ0n) is 12.3. The maximum absolute atomic E-state index is 4.62. The second-order valence-electron chi connectivity index (χ2n) is 5.06. The third-order valence-corrected chi connectivity index (χ3v) is 2.97. The maximum atomic E-state index is 4.62. The number of hydrogen-bond donors (Lipinski definition) is 0. The lowest BCUT2D eigenvalue weighted by Gasteiger charge is -2.11. The maximum Gasteiger partial charge on any atom is 0.159 e. The Morgan fingerprint density at radius 1 is 1.26 bits per heavy atom. The van der Waals surface area contributed by atoms with Crippen LogP contribution in [0.5, 0.6) is 0 Å². The molecule has 2 aromatic rings. The SMILES string of the molecule is CCn1nc(C(C)C)nc1-c1ccc(N(C)C)nc1. The van der Waals surface area contributed by atoms with Crippen molar-refractivity contribution in [1.82, 2.24) is 19.7 Å². The molecule has 0 aliphatic heterocycles. The van der Waals surface area contributed by atoms with Crippen molar-refractivity contribution in [2.75, 3.05) is 19.0 Å². The first-order chi connectivity index (χ1) is 9.02. The summed E-state index contributed by atoms with van der Waals surface area (Å²) in [4.78, 5) is 11.0. The van der Waals surface area contributed by atoms with Crippen LogP contribution in [0.4, 0.5) is 5.82 Å². The monoisotopic (exact) mass is 259 g/mol. The highest BCUT2D eigenvalue weighted by Crippen LogP contribution is 2.21. The van der Waals surface area contributed by atoms with Gasteiger partial charge in [0.1, 0.15) is 5.82 Å². The van der Waals surface area contributed by atoms with E-state index in [1.165, 1.54) is 0 Å². The molecule has 2 aromatic heterocycles. The number of hydrogen-bond acceptors (Lipinski definition) is 4. The minimum Gasteiger partial charge on any atom is -0.363 e. The summed E-state index contributed by atoms with van der Waals surface area (Å²) in [6.07, 6.45) is 1.86. The standard InChI is InChI=1S/C14H21N5/c1-6-19-14(16-13(17-19)10(2)3)11-7-8-12(15-9-11)18(4)5/h7-10H,6H2,1-5H3. The van der Waals surface area contributed by atoms with Gasteiger partial charge in [-0.25, -0.2) is 14.6 Å². The quantitative estimate of drug-likeness (QED) is 0.846. The zero-order valence-corrected chi connectivity index (χ0v) is 12.3. The Morgan fingerprint density at radius 2 is 2.00 bits per heavy atom. The van der Waals surface area contributed by atoms with E-state index in [9.17, 15) is 0 Å². The molecule has 0 radical (unpaired) electrons. The number of pyridine rings is 1. The van der Waals surface area contributed by atoms with Gasteiger partial charge in [-0.3, -0.25) is 0 Å². The molecule has 0 aromatic carbocycles. The summed E-state index contributed by atoms with van der Waals surface area (Å²) in [6.45, 7) is 7.09. The molecule has 0 aliphatic carbocycles. The lowest BCUT2D eigenvalue weighted by molar-refractivity contribution is 0.641. The molecular weight excluding hydrogens is 238 g/mol. The van der Waals surface area contributed by atoms with Crippen LogP contribution in [-0.4, -0.2) is 33.8 Å². The number of aryl methyl sites for hydroxylation is 1. The van der Waals surface area contributed by atoms with E-state index in [0.717, 1.165) is 29.6 Å². The highest BCUT2D eigenvalue weighted by molar-refractivity contribution is 5.56. The van der Waals surface area contributed by atoms with E-state index >= 15 is 0 Å². The fraction of sp³-hybridized carbons (Fsp3) is 0.500. The Bertz CT molecular complexity index is 539. The predicted molar refractivity (Wildman–Crippen MR) is 77.3 cm³/mol. The molecule has 0 aliphatic rings. The van der Waals surface area contributed by atoms with E-state index in [1.807, 2.05) is 42.0 Å². The van der Waals surface area contributed by atoms with E-state index in [-0.39, 0.29) is 0 Å². The summed E-state index contributed by atoms with van der Waals surface area (Å²) in [5.74, 6) is 3.05. The van der Waals surface area contributed by atoms with Gasteiger partial charge in [-0.1, -0.05) is 13.8 Å². The van der Waals surface area contributed by atoms with Crippen LogP contribution in [0.25, 0.3) is 11.4 Å². The van der Waals surface area contributed by atoms with Gasteiger partial charge in [-0.15, -0.1) is 0 Å². The van der Waals surface area contributed by atoms with Gasteiger partial charge < -0.3 is 4.90 Å². The lowest BCUT2D eigenvalue weighted by Crippen LogP contribution is -2.10. The molecule has 0 unspecified atom stereocenters. The van der Waals surface area contributed by atoms with E-state index in [1.54, 1.807) is 0 Å². The van der Waals surface area contributed by atoms with Crippen molar-refractivity contribution in [3.05, 3.63) is 24.2 Å². The average molecular weight is 259 g/mol. The van der Waals surface area contributed by atoms with E-state index in [0.29, 0.717) is 5.92 Å². The zero-order chi connectivity index (χ0) is 14.0. The molecule has 0 fully saturated rings. The van der Waals surface area contributed by atoms with E-state index in [2.05, 4.69) is 35.8 Å². The molecule has 0 N–H and O–H groups in total. The smallest absolute Gasteiger partial charge is 0.159 e. The number of nitrogens with zero attached hydrogens (tertiary/aromatic N) is 5.